The molecule has 0 spiro atoms. The molecule has 0 aromatic heterocycles. The highest BCUT2D eigenvalue weighted by atomic mass is 19.4. The molecule has 196 valence electrons. The van der Waals surface area contributed by atoms with Gasteiger partial charge in [-0.1, -0.05) is 18.2 Å². The zero-order valence-electron chi connectivity index (χ0n) is 20.1. The minimum atomic E-state index is -4.67. The Morgan fingerprint density at radius 1 is 1.13 bits per heavy atom. The van der Waals surface area contributed by atoms with Gasteiger partial charge in [-0.3, -0.25) is 9.69 Å². The molecule has 1 fully saturated rings. The van der Waals surface area contributed by atoms with Gasteiger partial charge in [0.25, 0.3) is 0 Å². The van der Waals surface area contributed by atoms with E-state index in [4.69, 9.17) is 0 Å². The number of benzene rings is 2. The zero-order chi connectivity index (χ0) is 27.2. The van der Waals surface area contributed by atoms with Gasteiger partial charge >= 0.3 is 18.2 Å². The van der Waals surface area contributed by atoms with Crippen LogP contribution >= 0.6 is 0 Å². The van der Waals surface area contributed by atoms with E-state index in [0.717, 1.165) is 28.0 Å². The molecule has 1 unspecified atom stereocenters. The van der Waals surface area contributed by atoms with Gasteiger partial charge in [-0.2, -0.15) is 18.4 Å². The van der Waals surface area contributed by atoms with Gasteiger partial charge in [0.2, 0.25) is 0 Å². The normalized spacial score (nSPS) is 20.7. The molecule has 0 saturated heterocycles. The number of aliphatic hydroxyl groups is 1. The van der Waals surface area contributed by atoms with Crippen LogP contribution in [0, 0.1) is 11.3 Å². The molecule has 38 heavy (non-hydrogen) atoms. The first-order chi connectivity index (χ1) is 18.0. The summed E-state index contributed by atoms with van der Waals surface area (Å²) in [7, 11) is 0. The maximum absolute atomic E-state index is 14.0. The Balaban J connectivity index is 1.67. The Kier molecular flexibility index (Phi) is 6.23. The van der Waals surface area contributed by atoms with Gasteiger partial charge in [-0.25, -0.2) is 14.5 Å². The summed E-state index contributed by atoms with van der Waals surface area (Å²) in [4.78, 5) is 42.6. The fourth-order valence-electron chi connectivity index (χ4n) is 4.85. The number of urea groups is 2. The number of alkyl halides is 3. The smallest absolute Gasteiger partial charge is 0.388 e. The summed E-state index contributed by atoms with van der Waals surface area (Å²) in [6, 6.07) is 9.25. The molecule has 2 N–H and O–H groups in total. The van der Waals surface area contributed by atoms with Crippen molar-refractivity contribution in [3.63, 3.8) is 0 Å². The van der Waals surface area contributed by atoms with E-state index < -0.39 is 35.4 Å². The molecule has 0 bridgehead atoms. The first-order valence-electron chi connectivity index (χ1n) is 12.1. The van der Waals surface area contributed by atoms with Crippen molar-refractivity contribution < 1.29 is 32.7 Å². The highest BCUT2D eigenvalue weighted by Crippen LogP contribution is 2.45. The van der Waals surface area contributed by atoms with E-state index in [2.05, 4.69) is 5.32 Å². The summed E-state index contributed by atoms with van der Waals surface area (Å²) >= 11 is 0. The number of ketones is 1. The third-order valence-electron chi connectivity index (χ3n) is 7.03. The average molecular weight is 524 g/mol. The van der Waals surface area contributed by atoms with Crippen molar-refractivity contribution in [2.75, 3.05) is 11.4 Å². The van der Waals surface area contributed by atoms with Gasteiger partial charge in [0.05, 0.1) is 34.5 Å². The molecule has 3 aliphatic rings. The number of Topliss-reactive ketones (excluding diaryl/α,β-unsaturated/α-hetero) is 1. The van der Waals surface area contributed by atoms with Gasteiger partial charge in [-0.05, 0) is 61.6 Å². The highest BCUT2D eigenvalue weighted by Gasteiger charge is 2.48. The van der Waals surface area contributed by atoms with E-state index >= 15 is 0 Å². The lowest BCUT2D eigenvalue weighted by molar-refractivity contribution is -0.137. The fraction of sp³-hybridized carbons (Fsp3) is 0.333. The molecule has 4 amide bonds. The summed E-state index contributed by atoms with van der Waals surface area (Å²) in [5, 5.41) is 22.0. The molecule has 1 atom stereocenters. The molecule has 2 aromatic rings. The monoisotopic (exact) mass is 524 g/mol. The molecule has 2 aromatic carbocycles. The highest BCUT2D eigenvalue weighted by molar-refractivity contribution is 6.11. The van der Waals surface area contributed by atoms with E-state index in [1.807, 2.05) is 6.07 Å². The van der Waals surface area contributed by atoms with Crippen molar-refractivity contribution in [3.8, 4) is 6.07 Å². The summed E-state index contributed by atoms with van der Waals surface area (Å²) < 4.78 is 40.5. The van der Waals surface area contributed by atoms with Gasteiger partial charge < -0.3 is 10.4 Å². The average Bonchev–Trinajstić information content (AvgIpc) is 3.63. The van der Waals surface area contributed by atoms with Crippen molar-refractivity contribution in [1.29, 1.82) is 5.26 Å². The second kappa shape index (κ2) is 9.29. The number of amides is 4. The summed E-state index contributed by atoms with van der Waals surface area (Å²) in [6.45, 7) is -0.126. The van der Waals surface area contributed by atoms with E-state index in [0.29, 0.717) is 30.4 Å². The quantitative estimate of drug-likeness (QED) is 0.597. The second-order valence-corrected chi connectivity index (χ2v) is 9.69. The van der Waals surface area contributed by atoms with Crippen molar-refractivity contribution in [2.24, 2.45) is 0 Å². The summed E-state index contributed by atoms with van der Waals surface area (Å²) in [5.41, 5.74) is -1.08. The van der Waals surface area contributed by atoms with E-state index in [1.165, 1.54) is 30.3 Å². The molecule has 0 radical (unpaired) electrons. The first-order valence-corrected chi connectivity index (χ1v) is 12.1. The predicted molar refractivity (Wildman–Crippen MR) is 129 cm³/mol. The number of hydrogen-bond donors (Lipinski definition) is 2. The molecule has 1 aliphatic heterocycles. The van der Waals surface area contributed by atoms with Crippen LogP contribution in [0.3, 0.4) is 0 Å². The van der Waals surface area contributed by atoms with Crippen LogP contribution < -0.4 is 10.2 Å². The number of carbonyl (C=O) groups is 3. The van der Waals surface area contributed by atoms with Gasteiger partial charge in [0.15, 0.2) is 5.78 Å². The topological polar surface area (TPSA) is 114 Å². The second-order valence-electron chi connectivity index (χ2n) is 9.69. The standard InChI is InChI=1S/C27H23F3N4O4/c28-27(29,30)18-3-1-4-19(13-18)33-20-5-2-6-21(35)22(20)23(17-9-7-16(14-31)8-10-17)34(25(33)37)24(36)32-15-26(38)11-12-26/h1,3-4,7-10,13,23,38H,2,5-6,11-12,15H2,(H,32,36). The van der Waals surface area contributed by atoms with Crippen molar-refractivity contribution >= 4 is 23.5 Å². The predicted octanol–water partition coefficient (Wildman–Crippen LogP) is 4.80. The van der Waals surface area contributed by atoms with E-state index in [1.54, 1.807) is 0 Å². The lowest BCUT2D eigenvalue weighted by atomic mass is 9.83. The number of nitrogens with zero attached hydrogens (tertiary/aromatic N) is 3. The maximum atomic E-state index is 14.0. The maximum Gasteiger partial charge on any atom is 0.416 e. The van der Waals surface area contributed by atoms with Gasteiger partial charge in [-0.15, -0.1) is 0 Å². The van der Waals surface area contributed by atoms with Gasteiger partial charge in [0.1, 0.15) is 0 Å². The third-order valence-corrected chi connectivity index (χ3v) is 7.03. The summed E-state index contributed by atoms with van der Waals surface area (Å²) in [6.07, 6.45) is -2.94. The molecular weight excluding hydrogens is 501 g/mol. The Morgan fingerprint density at radius 2 is 1.84 bits per heavy atom. The van der Waals surface area contributed by atoms with E-state index in [9.17, 15) is 37.9 Å². The van der Waals surface area contributed by atoms with Crippen LogP contribution in [0.15, 0.2) is 59.8 Å². The number of nitriles is 1. The fourth-order valence-corrected chi connectivity index (χ4v) is 4.85. The van der Waals surface area contributed by atoms with Gasteiger partial charge in [0, 0.05) is 24.2 Å². The zero-order valence-corrected chi connectivity index (χ0v) is 20.1. The number of halogens is 3. The molecule has 11 heteroatoms. The molecule has 1 saturated carbocycles. The Labute approximate surface area is 215 Å². The number of imide groups is 1. The largest absolute Gasteiger partial charge is 0.416 e. The lowest BCUT2D eigenvalue weighted by Crippen LogP contribution is -2.57. The van der Waals surface area contributed by atoms with Crippen LogP contribution in [0.4, 0.5) is 28.4 Å². The van der Waals surface area contributed by atoms with Crippen molar-refractivity contribution in [1.82, 2.24) is 10.2 Å². The lowest BCUT2D eigenvalue weighted by Gasteiger charge is -2.44. The molecule has 1 heterocycles. The number of anilines is 1. The van der Waals surface area contributed by atoms with Crippen LogP contribution in [-0.4, -0.2) is 40.0 Å². The Hall–Kier alpha value is -4.17. The molecule has 8 nitrogen and oxygen atoms in total. The first kappa shape index (κ1) is 25.5. The molecule has 5 rings (SSSR count). The minimum Gasteiger partial charge on any atom is -0.388 e. The number of nitrogens with one attached hydrogen (secondary N) is 1. The van der Waals surface area contributed by atoms with Crippen LogP contribution in [0.25, 0.3) is 0 Å². The van der Waals surface area contributed by atoms with Crippen LogP contribution in [0.2, 0.25) is 0 Å². The SMILES string of the molecule is N#Cc1ccc(C2C3=C(CCCC3=O)N(c3cccc(C(F)(F)F)c3)C(=O)N2C(=O)NCC2(O)CC2)cc1. The third kappa shape index (κ3) is 4.63. The minimum absolute atomic E-state index is 0.121. The molecule has 2 aliphatic carbocycles. The number of allylic oxidation sites excluding steroid dienone is 1. The Bertz CT molecular complexity index is 1390. The van der Waals surface area contributed by atoms with Crippen LogP contribution in [0.5, 0.6) is 0 Å². The summed E-state index contributed by atoms with van der Waals surface area (Å²) in [5.74, 6) is -0.330. The van der Waals surface area contributed by atoms with E-state index in [-0.39, 0.29) is 42.1 Å². The van der Waals surface area contributed by atoms with Crippen molar-refractivity contribution in [2.45, 2.75) is 49.9 Å². The number of hydrogen-bond acceptors (Lipinski definition) is 5. The van der Waals surface area contributed by atoms with Crippen molar-refractivity contribution in [3.05, 3.63) is 76.5 Å². The molecular formula is C27H23F3N4O4. The number of carbonyl (C=O) groups excluding carboxylic acids is 3. The Morgan fingerprint density at radius 3 is 2.47 bits per heavy atom. The van der Waals surface area contributed by atoms with Crippen LogP contribution in [0.1, 0.15) is 54.8 Å². The van der Waals surface area contributed by atoms with Crippen LogP contribution in [-0.2, 0) is 11.0 Å². The number of rotatable bonds is 4.